The van der Waals surface area contributed by atoms with Gasteiger partial charge < -0.3 is 4.90 Å². The number of hydrogen-bond donors (Lipinski definition) is 2. The molecule has 1 aromatic heterocycles. The normalized spacial score (nSPS) is 10.2. The molecule has 6 heteroatoms. The minimum atomic E-state index is -0.486. The lowest BCUT2D eigenvalue weighted by Crippen LogP contribution is -2.20. The molecule has 0 unspecified atom stereocenters. The summed E-state index contributed by atoms with van der Waals surface area (Å²) < 4.78 is 13.8. The Morgan fingerprint density at radius 2 is 2.06 bits per heavy atom. The molecule has 0 aliphatic carbocycles. The Bertz CT molecular complexity index is 517. The van der Waals surface area contributed by atoms with Gasteiger partial charge in [0.15, 0.2) is 11.6 Å². The third-order valence-corrected chi connectivity index (χ3v) is 2.49. The van der Waals surface area contributed by atoms with E-state index in [0.717, 1.165) is 11.9 Å². The smallest absolute Gasteiger partial charge is 0.239 e. The summed E-state index contributed by atoms with van der Waals surface area (Å²) in [7, 11) is 0. The standard InChI is InChI=1S/C12H14FN5/c1-2-18(9-6-4-3-5-7-9)11-10(13)8-15-12(16-11)17-14/h3-8H,2,14H2,1H3,(H,15,16,17). The van der Waals surface area contributed by atoms with Gasteiger partial charge in [-0.05, 0) is 19.1 Å². The highest BCUT2D eigenvalue weighted by Crippen LogP contribution is 2.25. The number of anilines is 3. The number of hydrazine groups is 1. The third kappa shape index (κ3) is 2.38. The number of benzene rings is 1. The number of rotatable bonds is 4. The van der Waals surface area contributed by atoms with Crippen LogP contribution >= 0.6 is 0 Å². The molecule has 0 aliphatic rings. The van der Waals surface area contributed by atoms with E-state index in [-0.39, 0.29) is 11.8 Å². The molecule has 0 bridgehead atoms. The molecular weight excluding hydrogens is 233 g/mol. The fraction of sp³-hybridized carbons (Fsp3) is 0.167. The van der Waals surface area contributed by atoms with Gasteiger partial charge in [0, 0.05) is 12.2 Å². The van der Waals surface area contributed by atoms with Crippen molar-refractivity contribution in [3.63, 3.8) is 0 Å². The zero-order valence-electron chi connectivity index (χ0n) is 9.97. The van der Waals surface area contributed by atoms with Gasteiger partial charge >= 0.3 is 0 Å². The molecule has 0 aliphatic heterocycles. The first kappa shape index (κ1) is 12.3. The Morgan fingerprint density at radius 1 is 1.33 bits per heavy atom. The molecule has 0 saturated carbocycles. The maximum atomic E-state index is 13.8. The molecule has 1 aromatic carbocycles. The van der Waals surface area contributed by atoms with E-state index in [9.17, 15) is 4.39 Å². The first-order chi connectivity index (χ1) is 8.76. The van der Waals surface area contributed by atoms with Crippen LogP contribution in [0.25, 0.3) is 0 Å². The van der Waals surface area contributed by atoms with Gasteiger partial charge in [-0.1, -0.05) is 18.2 Å². The Balaban J connectivity index is 2.44. The lowest BCUT2D eigenvalue weighted by molar-refractivity contribution is 0.612. The van der Waals surface area contributed by atoms with Crippen LogP contribution in [0.4, 0.5) is 21.8 Å². The van der Waals surface area contributed by atoms with E-state index in [4.69, 9.17) is 5.84 Å². The Kier molecular flexibility index (Phi) is 3.69. The van der Waals surface area contributed by atoms with Gasteiger partial charge in [-0.15, -0.1) is 0 Å². The lowest BCUT2D eigenvalue weighted by atomic mass is 10.3. The third-order valence-electron chi connectivity index (χ3n) is 2.49. The topological polar surface area (TPSA) is 67.1 Å². The quantitative estimate of drug-likeness (QED) is 0.639. The summed E-state index contributed by atoms with van der Waals surface area (Å²) in [5.41, 5.74) is 3.17. The second kappa shape index (κ2) is 5.42. The van der Waals surface area contributed by atoms with Gasteiger partial charge in [0.05, 0.1) is 6.20 Å². The first-order valence-electron chi connectivity index (χ1n) is 5.58. The maximum absolute atomic E-state index is 13.8. The summed E-state index contributed by atoms with van der Waals surface area (Å²) in [6, 6.07) is 9.46. The molecular formula is C12H14FN5. The van der Waals surface area contributed by atoms with Crippen LogP contribution in [0.15, 0.2) is 36.5 Å². The minimum Gasteiger partial charge on any atom is -0.324 e. The molecule has 5 nitrogen and oxygen atoms in total. The van der Waals surface area contributed by atoms with E-state index >= 15 is 0 Å². The number of halogens is 1. The van der Waals surface area contributed by atoms with Crippen molar-refractivity contribution in [1.29, 1.82) is 0 Å². The summed E-state index contributed by atoms with van der Waals surface area (Å²) in [5, 5.41) is 0. The van der Waals surface area contributed by atoms with Crippen LogP contribution in [0.1, 0.15) is 6.92 Å². The second-order valence-corrected chi connectivity index (χ2v) is 3.59. The summed E-state index contributed by atoms with van der Waals surface area (Å²) in [4.78, 5) is 9.51. The van der Waals surface area contributed by atoms with Gasteiger partial charge in [-0.2, -0.15) is 4.98 Å². The Morgan fingerprint density at radius 3 is 2.67 bits per heavy atom. The molecule has 0 atom stereocenters. The first-order valence-corrected chi connectivity index (χ1v) is 5.58. The van der Waals surface area contributed by atoms with Crippen molar-refractivity contribution < 1.29 is 4.39 Å². The second-order valence-electron chi connectivity index (χ2n) is 3.59. The fourth-order valence-corrected chi connectivity index (χ4v) is 1.68. The zero-order chi connectivity index (χ0) is 13.0. The van der Waals surface area contributed by atoms with Gasteiger partial charge in [0.2, 0.25) is 5.95 Å². The van der Waals surface area contributed by atoms with E-state index in [1.165, 1.54) is 0 Å². The molecule has 94 valence electrons. The molecule has 0 fully saturated rings. The van der Waals surface area contributed by atoms with E-state index in [1.54, 1.807) is 4.90 Å². The van der Waals surface area contributed by atoms with Crippen molar-refractivity contribution in [3.05, 3.63) is 42.3 Å². The highest BCUT2D eigenvalue weighted by molar-refractivity contribution is 5.60. The van der Waals surface area contributed by atoms with Crippen LogP contribution in [0, 0.1) is 5.82 Å². The molecule has 18 heavy (non-hydrogen) atoms. The van der Waals surface area contributed by atoms with Gasteiger partial charge in [-0.25, -0.2) is 15.2 Å². The van der Waals surface area contributed by atoms with E-state index in [1.807, 2.05) is 37.3 Å². The monoisotopic (exact) mass is 247 g/mol. The summed E-state index contributed by atoms with van der Waals surface area (Å²) in [6.45, 7) is 2.51. The molecule has 0 radical (unpaired) electrons. The largest absolute Gasteiger partial charge is 0.324 e. The number of nitrogen functional groups attached to an aromatic ring is 1. The van der Waals surface area contributed by atoms with Crippen LogP contribution < -0.4 is 16.2 Å². The highest BCUT2D eigenvalue weighted by atomic mass is 19.1. The molecule has 1 heterocycles. The minimum absolute atomic E-state index is 0.181. The number of nitrogens with zero attached hydrogens (tertiary/aromatic N) is 3. The summed E-state index contributed by atoms with van der Waals surface area (Å²) in [5.74, 6) is 5.13. The predicted molar refractivity (Wildman–Crippen MR) is 68.9 cm³/mol. The molecule has 0 saturated heterocycles. The molecule has 0 spiro atoms. The molecule has 3 N–H and O–H groups in total. The van der Waals surface area contributed by atoms with E-state index in [0.29, 0.717) is 6.54 Å². The number of nitrogens with one attached hydrogen (secondary N) is 1. The number of nitrogens with two attached hydrogens (primary N) is 1. The SMILES string of the molecule is CCN(c1ccccc1)c1nc(NN)ncc1F. The van der Waals surface area contributed by atoms with Crippen molar-refractivity contribution in [2.75, 3.05) is 16.9 Å². The van der Waals surface area contributed by atoms with E-state index in [2.05, 4.69) is 15.4 Å². The number of para-hydroxylation sites is 1. The predicted octanol–water partition coefficient (Wildman–Crippen LogP) is 2.06. The van der Waals surface area contributed by atoms with E-state index < -0.39 is 5.82 Å². The van der Waals surface area contributed by atoms with Crippen LogP contribution in [-0.4, -0.2) is 16.5 Å². The molecule has 0 amide bonds. The molecule has 2 aromatic rings. The van der Waals surface area contributed by atoms with Crippen molar-refractivity contribution in [3.8, 4) is 0 Å². The lowest BCUT2D eigenvalue weighted by Gasteiger charge is -2.22. The average Bonchev–Trinajstić information content (AvgIpc) is 2.43. The van der Waals surface area contributed by atoms with Gasteiger partial charge in [-0.3, -0.25) is 5.43 Å². The maximum Gasteiger partial charge on any atom is 0.239 e. The van der Waals surface area contributed by atoms with Gasteiger partial charge in [0.1, 0.15) is 0 Å². The Hall–Kier alpha value is -2.21. The number of aromatic nitrogens is 2. The summed E-state index contributed by atoms with van der Waals surface area (Å²) in [6.07, 6.45) is 1.10. The zero-order valence-corrected chi connectivity index (χ0v) is 9.97. The molecule has 2 rings (SSSR count). The fourth-order valence-electron chi connectivity index (χ4n) is 1.68. The van der Waals surface area contributed by atoms with Gasteiger partial charge in [0.25, 0.3) is 0 Å². The average molecular weight is 247 g/mol. The van der Waals surface area contributed by atoms with Crippen LogP contribution in [0.3, 0.4) is 0 Å². The van der Waals surface area contributed by atoms with Crippen LogP contribution in [0.2, 0.25) is 0 Å². The highest BCUT2D eigenvalue weighted by Gasteiger charge is 2.14. The van der Waals surface area contributed by atoms with Crippen molar-refractivity contribution in [2.24, 2.45) is 5.84 Å². The van der Waals surface area contributed by atoms with Crippen molar-refractivity contribution in [2.45, 2.75) is 6.92 Å². The van der Waals surface area contributed by atoms with Crippen molar-refractivity contribution >= 4 is 17.5 Å². The Labute approximate surface area is 104 Å². The number of hydrogen-bond acceptors (Lipinski definition) is 5. The summed E-state index contributed by atoms with van der Waals surface area (Å²) >= 11 is 0. The van der Waals surface area contributed by atoms with Crippen LogP contribution in [-0.2, 0) is 0 Å². The van der Waals surface area contributed by atoms with Crippen molar-refractivity contribution in [1.82, 2.24) is 9.97 Å². The van der Waals surface area contributed by atoms with Crippen LogP contribution in [0.5, 0.6) is 0 Å².